The van der Waals surface area contributed by atoms with Gasteiger partial charge in [0.1, 0.15) is 31.1 Å². The molecule has 0 aromatic carbocycles. The van der Waals surface area contributed by atoms with E-state index in [1.807, 2.05) is 0 Å². The monoisotopic (exact) mass is 182 g/mol. The van der Waals surface area contributed by atoms with Crippen LogP contribution in [0.15, 0.2) is 0 Å². The van der Waals surface area contributed by atoms with E-state index in [-0.39, 0.29) is 0 Å². The fourth-order valence-electron chi connectivity index (χ4n) is 1.06. The van der Waals surface area contributed by atoms with Crippen molar-refractivity contribution in [3.8, 4) is 0 Å². The van der Waals surface area contributed by atoms with E-state index in [0.717, 1.165) is 0 Å². The Hall–Kier alpha value is -0.270. The molecule has 5 nitrogen and oxygen atoms in total. The Morgan fingerprint density at radius 1 is 1.00 bits per heavy atom. The summed E-state index contributed by atoms with van der Waals surface area (Å²) in [5, 5.41) is 35.8. The summed E-state index contributed by atoms with van der Waals surface area (Å²) in [4.78, 5) is 0. The number of aliphatic hydroxyl groups is 4. The summed E-state index contributed by atoms with van der Waals surface area (Å²) in [6, 6.07) is 0. The lowest BCUT2D eigenvalue weighted by atomic mass is 10.00. The van der Waals surface area contributed by atoms with Gasteiger partial charge in [0.05, 0.1) is 0 Å². The first-order chi connectivity index (χ1) is 5.57. The third-order valence-corrected chi connectivity index (χ3v) is 1.84. The smallest absolute Gasteiger partial charge is 0.184 e. The molecule has 72 valence electrons. The largest absolute Gasteiger partial charge is 0.387 e. The second-order valence-electron chi connectivity index (χ2n) is 2.69. The molecule has 12 heavy (non-hydrogen) atoms. The van der Waals surface area contributed by atoms with Crippen LogP contribution in [-0.2, 0) is 4.74 Å². The molecule has 0 aromatic heterocycles. The van der Waals surface area contributed by atoms with E-state index in [0.29, 0.717) is 0 Å². The van der Waals surface area contributed by atoms with Crippen molar-refractivity contribution in [2.24, 2.45) is 0 Å². The zero-order chi connectivity index (χ0) is 9.30. The Labute approximate surface area is 68.0 Å². The Morgan fingerprint density at radius 3 is 2.08 bits per heavy atom. The Balaban J connectivity index is 2.63. The minimum atomic E-state index is -1.65. The van der Waals surface area contributed by atoms with Crippen LogP contribution in [0.5, 0.6) is 0 Å². The second-order valence-corrected chi connectivity index (χ2v) is 2.69. The van der Waals surface area contributed by atoms with Gasteiger partial charge in [-0.2, -0.15) is 0 Å². The van der Waals surface area contributed by atoms with Crippen molar-refractivity contribution in [1.82, 2.24) is 0 Å². The minimum absolute atomic E-state index is 1.03. The highest BCUT2D eigenvalue weighted by atomic mass is 19.1. The van der Waals surface area contributed by atoms with Crippen LogP contribution in [0.1, 0.15) is 0 Å². The third-order valence-electron chi connectivity index (χ3n) is 1.84. The second kappa shape index (κ2) is 3.63. The molecule has 0 radical (unpaired) electrons. The molecular formula is C6H11FO5. The molecule has 0 bridgehead atoms. The summed E-state index contributed by atoms with van der Waals surface area (Å²) >= 11 is 0. The normalized spacial score (nSPS) is 49.2. The van der Waals surface area contributed by atoms with Crippen LogP contribution in [-0.4, -0.2) is 57.8 Å². The number of ether oxygens (including phenoxy) is 1. The maximum absolute atomic E-state index is 12.0. The molecule has 0 aliphatic carbocycles. The van der Waals surface area contributed by atoms with E-state index in [4.69, 9.17) is 20.4 Å². The number of hydrogen-bond donors (Lipinski definition) is 4. The number of alkyl halides is 1. The van der Waals surface area contributed by atoms with Crippen molar-refractivity contribution in [2.75, 3.05) is 6.67 Å². The molecule has 0 spiro atoms. The highest BCUT2D eigenvalue weighted by molar-refractivity contribution is 4.88. The molecular weight excluding hydrogens is 171 g/mol. The van der Waals surface area contributed by atoms with Gasteiger partial charge in [0.25, 0.3) is 0 Å². The van der Waals surface area contributed by atoms with E-state index in [2.05, 4.69) is 4.74 Å². The SMILES string of the molecule is O[C@H]1[C@H](O)[C@H](CF)O[C@H](O)[C@H]1O. The molecule has 1 saturated heterocycles. The van der Waals surface area contributed by atoms with Gasteiger partial charge in [0.2, 0.25) is 0 Å². The van der Waals surface area contributed by atoms with E-state index in [1.54, 1.807) is 0 Å². The van der Waals surface area contributed by atoms with Gasteiger partial charge < -0.3 is 25.2 Å². The number of rotatable bonds is 1. The summed E-state index contributed by atoms with van der Waals surface area (Å²) in [5.41, 5.74) is 0. The maximum Gasteiger partial charge on any atom is 0.184 e. The van der Waals surface area contributed by atoms with Gasteiger partial charge in [0, 0.05) is 0 Å². The van der Waals surface area contributed by atoms with Gasteiger partial charge in [-0.05, 0) is 0 Å². The lowest BCUT2D eigenvalue weighted by Crippen LogP contribution is -2.58. The number of halogens is 1. The highest BCUT2D eigenvalue weighted by Crippen LogP contribution is 2.19. The Morgan fingerprint density at radius 2 is 1.58 bits per heavy atom. The first-order valence-electron chi connectivity index (χ1n) is 3.51. The molecule has 0 saturated carbocycles. The predicted molar refractivity (Wildman–Crippen MR) is 34.9 cm³/mol. The lowest BCUT2D eigenvalue weighted by Gasteiger charge is -2.37. The van der Waals surface area contributed by atoms with Gasteiger partial charge in [-0.15, -0.1) is 0 Å². The van der Waals surface area contributed by atoms with Gasteiger partial charge in [-0.1, -0.05) is 0 Å². The molecule has 0 unspecified atom stereocenters. The number of aliphatic hydroxyl groups excluding tert-OH is 4. The summed E-state index contributed by atoms with van der Waals surface area (Å²) < 4.78 is 16.5. The summed E-state index contributed by atoms with van der Waals surface area (Å²) in [6.07, 6.45) is -7.60. The highest BCUT2D eigenvalue weighted by Gasteiger charge is 2.42. The predicted octanol–water partition coefficient (Wildman–Crippen LogP) is -2.24. The van der Waals surface area contributed by atoms with E-state index < -0.39 is 37.4 Å². The van der Waals surface area contributed by atoms with E-state index in [1.165, 1.54) is 0 Å². The topological polar surface area (TPSA) is 90.2 Å². The molecule has 0 amide bonds. The van der Waals surface area contributed by atoms with Crippen molar-refractivity contribution in [3.05, 3.63) is 0 Å². The van der Waals surface area contributed by atoms with Crippen LogP contribution in [0.2, 0.25) is 0 Å². The summed E-state index contributed by atoms with van der Waals surface area (Å²) in [5.74, 6) is 0. The van der Waals surface area contributed by atoms with E-state index >= 15 is 0 Å². The number of hydrogen-bond acceptors (Lipinski definition) is 5. The molecule has 0 aromatic rings. The minimum Gasteiger partial charge on any atom is -0.387 e. The molecule has 1 fully saturated rings. The average molecular weight is 182 g/mol. The molecule has 1 aliphatic rings. The first-order valence-corrected chi connectivity index (χ1v) is 3.51. The van der Waals surface area contributed by atoms with Crippen LogP contribution >= 0.6 is 0 Å². The molecule has 6 heteroatoms. The van der Waals surface area contributed by atoms with Gasteiger partial charge in [-0.3, -0.25) is 0 Å². The average Bonchev–Trinajstić information content (AvgIpc) is 2.08. The van der Waals surface area contributed by atoms with Crippen molar-refractivity contribution >= 4 is 0 Å². The van der Waals surface area contributed by atoms with Crippen molar-refractivity contribution in [1.29, 1.82) is 0 Å². The molecule has 1 rings (SSSR count). The van der Waals surface area contributed by atoms with Crippen LogP contribution < -0.4 is 0 Å². The summed E-state index contributed by atoms with van der Waals surface area (Å²) in [6.45, 7) is -1.03. The standard InChI is InChI=1S/C6H11FO5/c7-1-2-3(8)4(9)5(10)6(11)12-2/h2-6,8-11H,1H2/t2-,3+,4-,5-,6-/m0/s1. The molecule has 4 N–H and O–H groups in total. The van der Waals surface area contributed by atoms with Gasteiger partial charge in [0.15, 0.2) is 6.29 Å². The van der Waals surface area contributed by atoms with Crippen LogP contribution in [0.4, 0.5) is 4.39 Å². The first kappa shape index (κ1) is 9.82. The quantitative estimate of drug-likeness (QED) is 0.368. The molecule has 1 aliphatic heterocycles. The zero-order valence-electron chi connectivity index (χ0n) is 6.17. The third kappa shape index (κ3) is 1.57. The van der Waals surface area contributed by atoms with Crippen LogP contribution in [0.3, 0.4) is 0 Å². The van der Waals surface area contributed by atoms with Crippen LogP contribution in [0.25, 0.3) is 0 Å². The van der Waals surface area contributed by atoms with Gasteiger partial charge in [-0.25, -0.2) is 4.39 Å². The van der Waals surface area contributed by atoms with Crippen molar-refractivity contribution in [3.63, 3.8) is 0 Å². The van der Waals surface area contributed by atoms with Gasteiger partial charge >= 0.3 is 0 Å². The Kier molecular flexibility index (Phi) is 2.97. The Bertz CT molecular complexity index is 150. The molecule has 1 heterocycles. The zero-order valence-corrected chi connectivity index (χ0v) is 6.17. The maximum atomic E-state index is 12.0. The molecule has 5 atom stereocenters. The van der Waals surface area contributed by atoms with Crippen LogP contribution in [0, 0.1) is 0 Å². The fraction of sp³-hybridized carbons (Fsp3) is 1.00. The van der Waals surface area contributed by atoms with E-state index in [9.17, 15) is 4.39 Å². The summed E-state index contributed by atoms with van der Waals surface area (Å²) in [7, 11) is 0. The lowest BCUT2D eigenvalue weighted by molar-refractivity contribution is -0.283. The fourth-order valence-corrected chi connectivity index (χ4v) is 1.06. The van der Waals surface area contributed by atoms with Crippen molar-refractivity contribution < 1.29 is 29.6 Å². The van der Waals surface area contributed by atoms with Crippen molar-refractivity contribution in [2.45, 2.75) is 30.7 Å².